The van der Waals surface area contributed by atoms with Crippen molar-refractivity contribution in [2.75, 3.05) is 13.7 Å². The first-order chi connectivity index (χ1) is 4.22. The minimum absolute atomic E-state index is 0. The van der Waals surface area contributed by atoms with Gasteiger partial charge in [0.25, 0.3) is 0 Å². The summed E-state index contributed by atoms with van der Waals surface area (Å²) in [4.78, 5) is 10.6. The highest BCUT2D eigenvalue weighted by molar-refractivity contribution is 5.85. The van der Waals surface area contributed by atoms with Crippen LogP contribution >= 0.6 is 12.4 Å². The van der Waals surface area contributed by atoms with Crippen LogP contribution in [0.5, 0.6) is 0 Å². The summed E-state index contributed by atoms with van der Waals surface area (Å²) in [6.45, 7) is 2.15. The van der Waals surface area contributed by atoms with Gasteiger partial charge in [0, 0.05) is 7.11 Å². The Morgan fingerprint density at radius 2 is 2.30 bits per heavy atom. The Morgan fingerprint density at radius 1 is 1.80 bits per heavy atom. The second-order valence-corrected chi connectivity index (χ2v) is 1.86. The number of amides is 1. The van der Waals surface area contributed by atoms with Gasteiger partial charge in [0.1, 0.15) is 0 Å². The molecule has 0 fully saturated rings. The first-order valence-corrected chi connectivity index (χ1v) is 2.71. The highest BCUT2D eigenvalue weighted by Crippen LogP contribution is 1.92. The molecule has 0 rings (SSSR count). The van der Waals surface area contributed by atoms with Gasteiger partial charge in [-0.2, -0.15) is 0 Å². The lowest BCUT2D eigenvalue weighted by molar-refractivity contribution is -0.126. The Labute approximate surface area is 66.5 Å². The van der Waals surface area contributed by atoms with Crippen LogP contribution in [-0.2, 0) is 9.53 Å². The van der Waals surface area contributed by atoms with Gasteiger partial charge in [-0.05, 0) is 0 Å². The number of ether oxygens (including phenoxy) is 1. The van der Waals surface area contributed by atoms with Crippen molar-refractivity contribution in [3.8, 4) is 0 Å². The Morgan fingerprint density at radius 3 is 2.60 bits per heavy atom. The number of rotatable bonds is 3. The van der Waals surface area contributed by atoms with Crippen LogP contribution in [0.15, 0.2) is 0 Å². The van der Waals surface area contributed by atoms with Crippen LogP contribution in [0.25, 0.3) is 0 Å². The highest BCUT2D eigenvalue weighted by atomic mass is 35.5. The average molecular weight is 169 g/mol. The smallest absolute Gasteiger partial charge is 0.239 e. The first-order valence-electron chi connectivity index (χ1n) is 2.71. The van der Waals surface area contributed by atoms with Crippen LogP contribution in [0.1, 0.15) is 6.92 Å². The zero-order valence-corrected chi connectivity index (χ0v) is 6.90. The van der Waals surface area contributed by atoms with Crippen molar-refractivity contribution in [1.29, 1.82) is 0 Å². The maximum atomic E-state index is 10.6. The van der Waals surface area contributed by atoms with Crippen LogP contribution in [-0.4, -0.2) is 19.6 Å². The standard InChI is InChI=1S/C5H12N2O2.ClH/c1-4(3-9-2)5(8)7-6;/h4H,3,6H2,1-2H3,(H,7,8);1H. The number of hydrogen-bond donors (Lipinski definition) is 2. The summed E-state index contributed by atoms with van der Waals surface area (Å²) in [6, 6.07) is 0. The van der Waals surface area contributed by atoms with E-state index in [4.69, 9.17) is 10.6 Å². The van der Waals surface area contributed by atoms with Crippen LogP contribution in [0.3, 0.4) is 0 Å². The topological polar surface area (TPSA) is 64.3 Å². The van der Waals surface area contributed by atoms with E-state index < -0.39 is 0 Å². The molecule has 1 unspecified atom stereocenters. The van der Waals surface area contributed by atoms with Crippen molar-refractivity contribution in [2.45, 2.75) is 6.92 Å². The van der Waals surface area contributed by atoms with Gasteiger partial charge < -0.3 is 4.74 Å². The largest absolute Gasteiger partial charge is 0.384 e. The van der Waals surface area contributed by atoms with E-state index in [1.54, 1.807) is 14.0 Å². The Bertz CT molecular complexity index is 99.6. The predicted molar refractivity (Wildman–Crippen MR) is 40.6 cm³/mol. The lowest BCUT2D eigenvalue weighted by Gasteiger charge is -2.06. The molecule has 0 aromatic carbocycles. The quantitative estimate of drug-likeness (QED) is 0.345. The number of hydrazine groups is 1. The van der Waals surface area contributed by atoms with Crippen LogP contribution in [0.2, 0.25) is 0 Å². The fourth-order valence-corrected chi connectivity index (χ4v) is 0.468. The molecule has 0 saturated heterocycles. The van der Waals surface area contributed by atoms with Gasteiger partial charge >= 0.3 is 0 Å². The molecule has 0 radical (unpaired) electrons. The minimum Gasteiger partial charge on any atom is -0.384 e. The van der Waals surface area contributed by atoms with E-state index in [-0.39, 0.29) is 24.2 Å². The summed E-state index contributed by atoms with van der Waals surface area (Å²) in [7, 11) is 1.54. The SMILES string of the molecule is COCC(C)C(=O)NN.Cl. The van der Waals surface area contributed by atoms with E-state index in [0.29, 0.717) is 6.61 Å². The van der Waals surface area contributed by atoms with Crippen molar-refractivity contribution in [3.63, 3.8) is 0 Å². The molecule has 0 aliphatic carbocycles. The summed E-state index contributed by atoms with van der Waals surface area (Å²) in [5, 5.41) is 0. The maximum absolute atomic E-state index is 10.6. The van der Waals surface area contributed by atoms with E-state index in [0.717, 1.165) is 0 Å². The third kappa shape index (κ3) is 4.55. The summed E-state index contributed by atoms with van der Waals surface area (Å²) in [5.74, 6) is 4.48. The third-order valence-corrected chi connectivity index (χ3v) is 1.01. The molecule has 62 valence electrons. The molecule has 0 aromatic heterocycles. The molecule has 0 saturated carbocycles. The number of carbonyl (C=O) groups is 1. The number of carbonyl (C=O) groups excluding carboxylic acids is 1. The number of nitrogens with one attached hydrogen (secondary N) is 1. The molecule has 10 heavy (non-hydrogen) atoms. The molecule has 0 aromatic rings. The second-order valence-electron chi connectivity index (χ2n) is 1.86. The van der Waals surface area contributed by atoms with E-state index in [2.05, 4.69) is 0 Å². The van der Waals surface area contributed by atoms with E-state index >= 15 is 0 Å². The maximum Gasteiger partial charge on any atom is 0.239 e. The number of methoxy groups -OCH3 is 1. The fourth-order valence-electron chi connectivity index (χ4n) is 0.468. The van der Waals surface area contributed by atoms with Gasteiger partial charge in [-0.3, -0.25) is 10.2 Å². The number of nitrogens with two attached hydrogens (primary N) is 1. The van der Waals surface area contributed by atoms with Gasteiger partial charge in [-0.15, -0.1) is 12.4 Å². The first kappa shape index (κ1) is 12.4. The van der Waals surface area contributed by atoms with Gasteiger partial charge in [0.05, 0.1) is 12.5 Å². The van der Waals surface area contributed by atoms with Gasteiger partial charge in [-0.25, -0.2) is 5.84 Å². The third-order valence-electron chi connectivity index (χ3n) is 1.01. The predicted octanol–water partition coefficient (Wildman–Crippen LogP) is -0.319. The number of halogens is 1. The molecule has 1 atom stereocenters. The molecule has 3 N–H and O–H groups in total. The molecule has 0 bridgehead atoms. The molecule has 0 aliphatic rings. The van der Waals surface area contributed by atoms with E-state index in [1.807, 2.05) is 5.43 Å². The minimum atomic E-state index is -0.197. The lowest BCUT2D eigenvalue weighted by Crippen LogP contribution is -2.36. The van der Waals surface area contributed by atoms with Gasteiger partial charge in [0.15, 0.2) is 0 Å². The van der Waals surface area contributed by atoms with Crippen LogP contribution in [0, 0.1) is 5.92 Å². The molecule has 0 spiro atoms. The Hall–Kier alpha value is -0.320. The normalized spacial score (nSPS) is 11.5. The van der Waals surface area contributed by atoms with Gasteiger partial charge in [0.2, 0.25) is 5.91 Å². The molecule has 4 nitrogen and oxygen atoms in total. The fraction of sp³-hybridized carbons (Fsp3) is 0.800. The van der Waals surface area contributed by atoms with Crippen LogP contribution < -0.4 is 11.3 Å². The van der Waals surface area contributed by atoms with Crippen molar-refractivity contribution in [1.82, 2.24) is 5.43 Å². The summed E-state index contributed by atoms with van der Waals surface area (Å²) in [6.07, 6.45) is 0. The zero-order valence-electron chi connectivity index (χ0n) is 6.09. The van der Waals surface area contributed by atoms with Crippen molar-refractivity contribution >= 4 is 18.3 Å². The second kappa shape index (κ2) is 6.80. The van der Waals surface area contributed by atoms with Crippen LogP contribution in [0.4, 0.5) is 0 Å². The Kier molecular flexibility index (Phi) is 8.40. The number of hydrogen-bond acceptors (Lipinski definition) is 3. The molecule has 5 heteroatoms. The molecular weight excluding hydrogens is 156 g/mol. The summed E-state index contributed by atoms with van der Waals surface area (Å²) < 4.78 is 4.71. The molecular formula is C5H13ClN2O2. The zero-order chi connectivity index (χ0) is 7.28. The van der Waals surface area contributed by atoms with E-state index in [9.17, 15) is 4.79 Å². The van der Waals surface area contributed by atoms with Crippen molar-refractivity contribution in [2.24, 2.45) is 11.8 Å². The van der Waals surface area contributed by atoms with Crippen molar-refractivity contribution in [3.05, 3.63) is 0 Å². The molecule has 1 amide bonds. The van der Waals surface area contributed by atoms with Crippen molar-refractivity contribution < 1.29 is 9.53 Å². The lowest BCUT2D eigenvalue weighted by atomic mass is 10.2. The highest BCUT2D eigenvalue weighted by Gasteiger charge is 2.09. The summed E-state index contributed by atoms with van der Waals surface area (Å²) in [5.41, 5.74) is 2.03. The molecule has 0 aliphatic heterocycles. The monoisotopic (exact) mass is 168 g/mol. The van der Waals surface area contributed by atoms with Gasteiger partial charge in [-0.1, -0.05) is 6.92 Å². The molecule has 0 heterocycles. The average Bonchev–Trinajstić information content (AvgIpc) is 1.87. The Balaban J connectivity index is 0. The summed E-state index contributed by atoms with van der Waals surface area (Å²) >= 11 is 0. The van der Waals surface area contributed by atoms with E-state index in [1.165, 1.54) is 0 Å².